The molecule has 25 heavy (non-hydrogen) atoms. The molecule has 0 N–H and O–H groups in total. The average molecular weight is 377 g/mol. The van der Waals surface area contributed by atoms with Crippen molar-refractivity contribution in [1.82, 2.24) is 0 Å². The summed E-state index contributed by atoms with van der Waals surface area (Å²) in [5.41, 5.74) is -0.137. The van der Waals surface area contributed by atoms with Gasteiger partial charge in [-0.1, -0.05) is 53.9 Å². The SMILES string of the molecule is CCCCO[Si](OCCCC)(OCCCC)C(OCC1CO1)C(C)C. The Hall–Kier alpha value is 0.0169. The van der Waals surface area contributed by atoms with E-state index < -0.39 is 8.80 Å². The van der Waals surface area contributed by atoms with E-state index in [9.17, 15) is 0 Å². The Labute approximate surface area is 156 Å². The molecule has 1 saturated heterocycles. The smallest absolute Gasteiger partial charge is 0.372 e. The summed E-state index contributed by atoms with van der Waals surface area (Å²) in [6, 6.07) is 0. The van der Waals surface area contributed by atoms with Crippen molar-refractivity contribution in [3.05, 3.63) is 0 Å². The zero-order valence-corrected chi connectivity index (χ0v) is 18.1. The molecule has 0 aromatic heterocycles. The first-order valence-electron chi connectivity index (χ1n) is 10.2. The van der Waals surface area contributed by atoms with E-state index in [0.717, 1.165) is 45.1 Å². The predicted molar refractivity (Wildman–Crippen MR) is 103 cm³/mol. The monoisotopic (exact) mass is 376 g/mol. The second kappa shape index (κ2) is 13.2. The summed E-state index contributed by atoms with van der Waals surface area (Å²) in [5.74, 6) is 0.273. The first-order valence-corrected chi connectivity index (χ1v) is 12.0. The molecular weight excluding hydrogens is 336 g/mol. The van der Waals surface area contributed by atoms with Crippen molar-refractivity contribution in [3.8, 4) is 0 Å². The van der Waals surface area contributed by atoms with Crippen molar-refractivity contribution >= 4 is 8.80 Å². The van der Waals surface area contributed by atoms with Gasteiger partial charge in [0.1, 0.15) is 11.8 Å². The second-order valence-electron chi connectivity index (χ2n) is 7.16. The minimum Gasteiger partial charge on any atom is -0.372 e. The third kappa shape index (κ3) is 8.97. The van der Waals surface area contributed by atoms with E-state index in [2.05, 4.69) is 34.6 Å². The lowest BCUT2D eigenvalue weighted by molar-refractivity contribution is -0.0355. The van der Waals surface area contributed by atoms with Crippen LogP contribution >= 0.6 is 0 Å². The van der Waals surface area contributed by atoms with Crippen LogP contribution in [0.4, 0.5) is 0 Å². The highest BCUT2D eigenvalue weighted by atomic mass is 28.4. The fraction of sp³-hybridized carbons (Fsp3) is 1.00. The zero-order valence-electron chi connectivity index (χ0n) is 17.1. The summed E-state index contributed by atoms with van der Waals surface area (Å²) in [4.78, 5) is 0. The van der Waals surface area contributed by atoms with Crippen LogP contribution in [0.5, 0.6) is 0 Å². The first-order chi connectivity index (χ1) is 12.1. The molecule has 0 spiro atoms. The van der Waals surface area contributed by atoms with Crippen molar-refractivity contribution in [3.63, 3.8) is 0 Å². The molecule has 150 valence electrons. The van der Waals surface area contributed by atoms with E-state index in [1.807, 2.05) is 0 Å². The van der Waals surface area contributed by atoms with Gasteiger partial charge in [0.15, 0.2) is 0 Å². The molecule has 0 aromatic carbocycles. The molecule has 2 atom stereocenters. The molecule has 0 aliphatic carbocycles. The van der Waals surface area contributed by atoms with Gasteiger partial charge in [-0.3, -0.25) is 0 Å². The van der Waals surface area contributed by atoms with Crippen LogP contribution in [0.2, 0.25) is 0 Å². The number of rotatable bonds is 17. The number of hydrogen-bond acceptors (Lipinski definition) is 5. The lowest BCUT2D eigenvalue weighted by atomic mass is 10.2. The highest BCUT2D eigenvalue weighted by Gasteiger charge is 2.52. The van der Waals surface area contributed by atoms with Crippen molar-refractivity contribution in [2.75, 3.05) is 33.0 Å². The van der Waals surface area contributed by atoms with E-state index in [4.69, 9.17) is 22.8 Å². The average Bonchev–Trinajstić information content (AvgIpc) is 3.39. The van der Waals surface area contributed by atoms with E-state index in [-0.39, 0.29) is 17.7 Å². The molecule has 1 aliphatic heterocycles. The van der Waals surface area contributed by atoms with Crippen molar-refractivity contribution in [2.24, 2.45) is 5.92 Å². The molecule has 1 heterocycles. The van der Waals surface area contributed by atoms with Crippen molar-refractivity contribution in [2.45, 2.75) is 85.0 Å². The topological polar surface area (TPSA) is 49.5 Å². The van der Waals surface area contributed by atoms with Gasteiger partial charge in [0.25, 0.3) is 0 Å². The Morgan fingerprint density at radius 2 is 1.32 bits per heavy atom. The number of ether oxygens (including phenoxy) is 2. The Bertz CT molecular complexity index is 296. The maximum atomic E-state index is 6.37. The summed E-state index contributed by atoms with van der Waals surface area (Å²) in [6.45, 7) is 14.3. The van der Waals surface area contributed by atoms with Gasteiger partial charge < -0.3 is 22.8 Å². The van der Waals surface area contributed by atoms with E-state index in [1.165, 1.54) is 0 Å². The summed E-state index contributed by atoms with van der Waals surface area (Å²) in [5, 5.41) is 0. The number of unbranched alkanes of at least 4 members (excludes halogenated alkanes) is 3. The van der Waals surface area contributed by atoms with Crippen LogP contribution in [-0.2, 0) is 22.8 Å². The molecule has 2 unspecified atom stereocenters. The summed E-state index contributed by atoms with van der Waals surface area (Å²) >= 11 is 0. The fourth-order valence-corrected chi connectivity index (χ4v) is 5.67. The fourth-order valence-electron chi connectivity index (χ4n) is 2.53. The number of epoxide rings is 1. The maximum absolute atomic E-state index is 6.37. The van der Waals surface area contributed by atoms with Crippen LogP contribution in [0.25, 0.3) is 0 Å². The van der Waals surface area contributed by atoms with Gasteiger partial charge in [-0.05, 0) is 25.2 Å². The van der Waals surface area contributed by atoms with Gasteiger partial charge in [0.2, 0.25) is 0 Å². The molecule has 0 aromatic rings. The normalized spacial score (nSPS) is 18.7. The molecule has 5 nitrogen and oxygen atoms in total. The molecule has 0 bridgehead atoms. The van der Waals surface area contributed by atoms with Gasteiger partial charge in [-0.2, -0.15) is 0 Å². The van der Waals surface area contributed by atoms with E-state index >= 15 is 0 Å². The Morgan fingerprint density at radius 1 is 0.880 bits per heavy atom. The van der Waals surface area contributed by atoms with Gasteiger partial charge >= 0.3 is 8.80 Å². The minimum absolute atomic E-state index is 0.137. The zero-order chi connectivity index (χ0) is 18.5. The van der Waals surface area contributed by atoms with Crippen molar-refractivity contribution in [1.29, 1.82) is 0 Å². The second-order valence-corrected chi connectivity index (χ2v) is 9.81. The van der Waals surface area contributed by atoms with Crippen molar-refractivity contribution < 1.29 is 22.8 Å². The van der Waals surface area contributed by atoms with Crippen LogP contribution in [-0.4, -0.2) is 53.7 Å². The Kier molecular flexibility index (Phi) is 12.2. The molecule has 1 rings (SSSR count). The maximum Gasteiger partial charge on any atom is 0.531 e. The number of hydrogen-bond donors (Lipinski definition) is 0. The summed E-state index contributed by atoms with van der Waals surface area (Å²) in [7, 11) is -2.92. The van der Waals surface area contributed by atoms with Crippen LogP contribution in [0.3, 0.4) is 0 Å². The molecule has 0 amide bonds. The van der Waals surface area contributed by atoms with Crippen LogP contribution in [0.1, 0.15) is 73.1 Å². The third-order valence-corrected chi connectivity index (χ3v) is 7.57. The van der Waals surface area contributed by atoms with E-state index in [1.54, 1.807) is 0 Å². The highest BCUT2D eigenvalue weighted by Crippen LogP contribution is 2.27. The van der Waals surface area contributed by atoms with Crippen LogP contribution in [0.15, 0.2) is 0 Å². The third-order valence-electron chi connectivity index (χ3n) is 4.22. The van der Waals surface area contributed by atoms with Gasteiger partial charge in [-0.15, -0.1) is 0 Å². The minimum atomic E-state index is -2.92. The quantitative estimate of drug-likeness (QED) is 0.214. The predicted octanol–water partition coefficient (Wildman–Crippen LogP) is 4.35. The Morgan fingerprint density at radius 3 is 1.64 bits per heavy atom. The van der Waals surface area contributed by atoms with Gasteiger partial charge in [0, 0.05) is 19.8 Å². The lowest BCUT2D eigenvalue weighted by Gasteiger charge is -2.37. The molecule has 1 fully saturated rings. The molecule has 0 radical (unpaired) electrons. The molecule has 1 aliphatic rings. The van der Waals surface area contributed by atoms with E-state index in [0.29, 0.717) is 26.4 Å². The lowest BCUT2D eigenvalue weighted by Crippen LogP contribution is -2.60. The molecular formula is C19H40O5Si. The summed E-state index contributed by atoms with van der Waals surface area (Å²) < 4.78 is 30.7. The molecule has 6 heteroatoms. The highest BCUT2D eigenvalue weighted by molar-refractivity contribution is 6.62. The first kappa shape index (κ1) is 23.1. The van der Waals surface area contributed by atoms with Gasteiger partial charge in [0.05, 0.1) is 13.2 Å². The standard InChI is InChI=1S/C19H40O5Si/c1-6-9-12-22-25(23-13-10-7-2,24-14-11-8-3)19(17(4)5)21-16-18-15-20-18/h17-19H,6-16H2,1-5H3. The summed E-state index contributed by atoms with van der Waals surface area (Å²) in [6.07, 6.45) is 6.56. The van der Waals surface area contributed by atoms with Crippen LogP contribution < -0.4 is 0 Å². The molecule has 0 saturated carbocycles. The largest absolute Gasteiger partial charge is 0.531 e. The van der Waals surface area contributed by atoms with Crippen LogP contribution in [0, 0.1) is 5.92 Å². The Balaban J connectivity index is 2.86. The van der Waals surface area contributed by atoms with Gasteiger partial charge in [-0.25, -0.2) is 0 Å².